The van der Waals surface area contributed by atoms with E-state index in [0.717, 1.165) is 6.42 Å². The Kier molecular flexibility index (Phi) is 7.68. The average molecular weight is 272 g/mol. The summed E-state index contributed by atoms with van der Waals surface area (Å²) in [5.74, 6) is -0.205. The minimum atomic E-state index is -0.484. The number of carbonyl (C=O) groups excluding carboxylic acids is 2. The zero-order valence-electron chi connectivity index (χ0n) is 12.7. The van der Waals surface area contributed by atoms with Gasteiger partial charge < -0.3 is 15.7 Å². The van der Waals surface area contributed by atoms with E-state index < -0.39 is 11.5 Å². The minimum absolute atomic E-state index is 0.00725. The molecule has 0 aromatic heterocycles. The molecule has 1 atom stereocenters. The van der Waals surface area contributed by atoms with Gasteiger partial charge in [-0.15, -0.1) is 0 Å². The molecule has 0 spiro atoms. The first-order valence-corrected chi connectivity index (χ1v) is 6.92. The predicted octanol–water partition coefficient (Wildman–Crippen LogP) is 1.06. The van der Waals surface area contributed by atoms with Crippen molar-refractivity contribution >= 4 is 11.8 Å². The number of nitrogens with one attached hydrogen (secondary N) is 2. The first kappa shape index (κ1) is 17.9. The van der Waals surface area contributed by atoms with Crippen LogP contribution in [0.1, 0.15) is 47.5 Å². The molecule has 0 fully saturated rings. The van der Waals surface area contributed by atoms with Crippen LogP contribution in [-0.4, -0.2) is 36.1 Å². The Morgan fingerprint density at radius 3 is 2.21 bits per heavy atom. The molecule has 0 rings (SSSR count). The lowest BCUT2D eigenvalue weighted by Crippen LogP contribution is -2.46. The fourth-order valence-electron chi connectivity index (χ4n) is 1.89. The van der Waals surface area contributed by atoms with Gasteiger partial charge in [-0.2, -0.15) is 0 Å². The van der Waals surface area contributed by atoms with Crippen molar-refractivity contribution in [2.45, 2.75) is 53.6 Å². The first-order chi connectivity index (χ1) is 8.70. The van der Waals surface area contributed by atoms with Gasteiger partial charge in [-0.1, -0.05) is 34.6 Å². The third-order valence-electron chi connectivity index (χ3n) is 3.10. The van der Waals surface area contributed by atoms with Crippen LogP contribution in [0.15, 0.2) is 0 Å². The van der Waals surface area contributed by atoms with Crippen LogP contribution in [0.4, 0.5) is 0 Å². The van der Waals surface area contributed by atoms with E-state index in [0.29, 0.717) is 13.0 Å². The van der Waals surface area contributed by atoms with Crippen LogP contribution in [-0.2, 0) is 9.59 Å². The maximum atomic E-state index is 11.6. The highest BCUT2D eigenvalue weighted by Gasteiger charge is 2.30. The largest absolute Gasteiger partial charge is 0.392 e. The van der Waals surface area contributed by atoms with Crippen LogP contribution < -0.4 is 10.6 Å². The number of aliphatic hydroxyl groups excluding tert-OH is 1. The van der Waals surface area contributed by atoms with Crippen LogP contribution >= 0.6 is 0 Å². The highest BCUT2D eigenvalue weighted by Crippen LogP contribution is 2.24. The summed E-state index contributed by atoms with van der Waals surface area (Å²) >= 11 is 0. The normalized spacial score (nSPS) is 13.2. The van der Waals surface area contributed by atoms with Gasteiger partial charge in [0.25, 0.3) is 0 Å². The van der Waals surface area contributed by atoms with Crippen LogP contribution in [0.2, 0.25) is 0 Å². The van der Waals surface area contributed by atoms with E-state index in [1.165, 1.54) is 0 Å². The molecule has 1 unspecified atom stereocenters. The van der Waals surface area contributed by atoms with Crippen LogP contribution in [0.5, 0.6) is 0 Å². The van der Waals surface area contributed by atoms with Gasteiger partial charge >= 0.3 is 0 Å². The molecular formula is C14H28N2O3. The molecule has 112 valence electrons. The van der Waals surface area contributed by atoms with Crippen molar-refractivity contribution in [3.63, 3.8) is 0 Å². The van der Waals surface area contributed by atoms with Crippen molar-refractivity contribution in [3.05, 3.63) is 0 Å². The third kappa shape index (κ3) is 7.15. The lowest BCUT2D eigenvalue weighted by molar-refractivity contribution is -0.126. The van der Waals surface area contributed by atoms with E-state index in [9.17, 15) is 14.7 Å². The molecule has 3 N–H and O–H groups in total. The third-order valence-corrected chi connectivity index (χ3v) is 3.10. The van der Waals surface area contributed by atoms with E-state index in [1.807, 2.05) is 34.6 Å². The van der Waals surface area contributed by atoms with Crippen LogP contribution in [0, 0.1) is 11.3 Å². The Morgan fingerprint density at radius 2 is 1.74 bits per heavy atom. The lowest BCUT2D eigenvalue weighted by atomic mass is 9.81. The molecule has 0 saturated heterocycles. The topological polar surface area (TPSA) is 78.4 Å². The summed E-state index contributed by atoms with van der Waals surface area (Å²) < 4.78 is 0. The summed E-state index contributed by atoms with van der Waals surface area (Å²) in [6.45, 7) is 10.00. The second-order valence-electron chi connectivity index (χ2n) is 5.98. The predicted molar refractivity (Wildman–Crippen MR) is 75.6 cm³/mol. The van der Waals surface area contributed by atoms with E-state index in [2.05, 4.69) is 10.6 Å². The molecule has 0 aromatic rings. The second kappa shape index (κ2) is 8.15. The quantitative estimate of drug-likeness (QED) is 0.618. The molecule has 0 aliphatic heterocycles. The van der Waals surface area contributed by atoms with E-state index >= 15 is 0 Å². The van der Waals surface area contributed by atoms with Crippen molar-refractivity contribution in [2.24, 2.45) is 11.3 Å². The van der Waals surface area contributed by atoms with E-state index in [1.54, 1.807) is 0 Å². The smallest absolute Gasteiger partial charge is 0.239 e. The molecule has 0 aromatic carbocycles. The first-order valence-electron chi connectivity index (χ1n) is 6.92. The van der Waals surface area contributed by atoms with Crippen LogP contribution in [0.3, 0.4) is 0 Å². The van der Waals surface area contributed by atoms with Crippen molar-refractivity contribution in [2.75, 3.05) is 13.1 Å². The SMILES string of the molecule is CCCC(=O)NCC(=O)NCC(C)(C)C(O)C(C)C. The number of hydrogen-bond acceptors (Lipinski definition) is 3. The molecular weight excluding hydrogens is 244 g/mol. The van der Waals surface area contributed by atoms with Crippen LogP contribution in [0.25, 0.3) is 0 Å². The van der Waals surface area contributed by atoms with Gasteiger partial charge in [0, 0.05) is 18.4 Å². The Morgan fingerprint density at radius 1 is 1.16 bits per heavy atom. The summed E-state index contributed by atoms with van der Waals surface area (Å²) in [6.07, 6.45) is 0.716. The maximum Gasteiger partial charge on any atom is 0.239 e. The summed E-state index contributed by atoms with van der Waals surface area (Å²) in [5, 5.41) is 15.3. The Labute approximate surface area is 116 Å². The number of rotatable bonds is 8. The highest BCUT2D eigenvalue weighted by molar-refractivity contribution is 5.84. The Hall–Kier alpha value is -1.10. The van der Waals surface area contributed by atoms with Crippen molar-refractivity contribution in [1.29, 1.82) is 0 Å². The fourth-order valence-corrected chi connectivity index (χ4v) is 1.89. The zero-order valence-corrected chi connectivity index (χ0v) is 12.7. The molecule has 0 radical (unpaired) electrons. The summed E-state index contributed by atoms with van der Waals surface area (Å²) in [6, 6.07) is 0. The second-order valence-corrected chi connectivity index (χ2v) is 5.98. The lowest BCUT2D eigenvalue weighted by Gasteiger charge is -2.33. The average Bonchev–Trinajstić information content (AvgIpc) is 2.33. The summed E-state index contributed by atoms with van der Waals surface area (Å²) in [7, 11) is 0. The summed E-state index contributed by atoms with van der Waals surface area (Å²) in [5.41, 5.74) is -0.392. The minimum Gasteiger partial charge on any atom is -0.392 e. The molecule has 0 aliphatic rings. The van der Waals surface area contributed by atoms with Crippen molar-refractivity contribution in [3.8, 4) is 0 Å². The van der Waals surface area contributed by atoms with Gasteiger partial charge in [-0.3, -0.25) is 9.59 Å². The standard InChI is InChI=1S/C14H28N2O3/c1-6-7-11(17)15-8-12(18)16-9-14(4,5)13(19)10(2)3/h10,13,19H,6-9H2,1-5H3,(H,15,17)(H,16,18). The Bertz CT molecular complexity index is 301. The molecule has 5 heteroatoms. The number of hydrogen-bond donors (Lipinski definition) is 3. The zero-order chi connectivity index (χ0) is 15.1. The van der Waals surface area contributed by atoms with Gasteiger partial charge in [-0.25, -0.2) is 0 Å². The Balaban J connectivity index is 4.05. The highest BCUT2D eigenvalue weighted by atomic mass is 16.3. The molecule has 5 nitrogen and oxygen atoms in total. The van der Waals surface area contributed by atoms with Gasteiger partial charge in [0.1, 0.15) is 0 Å². The molecule has 19 heavy (non-hydrogen) atoms. The maximum absolute atomic E-state index is 11.6. The van der Waals surface area contributed by atoms with E-state index in [4.69, 9.17) is 0 Å². The molecule has 0 aliphatic carbocycles. The van der Waals surface area contributed by atoms with E-state index in [-0.39, 0.29) is 24.3 Å². The van der Waals surface area contributed by atoms with Gasteiger partial charge in [0.05, 0.1) is 12.6 Å². The monoisotopic (exact) mass is 272 g/mol. The molecule has 0 heterocycles. The fraction of sp³-hybridized carbons (Fsp3) is 0.857. The summed E-state index contributed by atoms with van der Waals surface area (Å²) in [4.78, 5) is 22.8. The number of amides is 2. The molecule has 2 amide bonds. The molecule has 0 saturated carbocycles. The van der Waals surface area contributed by atoms with Gasteiger partial charge in [0.15, 0.2) is 0 Å². The van der Waals surface area contributed by atoms with Gasteiger partial charge in [-0.05, 0) is 12.3 Å². The number of aliphatic hydroxyl groups is 1. The van der Waals surface area contributed by atoms with Crippen molar-refractivity contribution < 1.29 is 14.7 Å². The van der Waals surface area contributed by atoms with Gasteiger partial charge in [0.2, 0.25) is 11.8 Å². The van der Waals surface area contributed by atoms with Crippen molar-refractivity contribution in [1.82, 2.24) is 10.6 Å². The number of carbonyl (C=O) groups is 2. The molecule has 0 bridgehead atoms.